The lowest BCUT2D eigenvalue weighted by molar-refractivity contribution is 0.253. The smallest absolute Gasteiger partial charge is 0.243 e. The maximum Gasteiger partial charge on any atom is 0.243 e. The fraction of sp³-hybridized carbons (Fsp3) is 0.500. The number of anilines is 1. The molecule has 0 saturated heterocycles. The average Bonchev–Trinajstić information content (AvgIpc) is 2.35. The number of sulfonamides is 1. The van der Waals surface area contributed by atoms with Gasteiger partial charge in [0.1, 0.15) is 0 Å². The van der Waals surface area contributed by atoms with Gasteiger partial charge >= 0.3 is 0 Å². The molecule has 0 amide bonds. The number of nitrogens with zero attached hydrogens (tertiary/aromatic N) is 1. The monoisotopic (exact) mass is 306 g/mol. The lowest BCUT2D eigenvalue weighted by Crippen LogP contribution is -2.34. The fourth-order valence-electron chi connectivity index (χ4n) is 1.69. The van der Waals surface area contributed by atoms with Gasteiger partial charge in [-0.3, -0.25) is 0 Å². The average molecular weight is 307 g/mol. The lowest BCUT2D eigenvalue weighted by Gasteiger charge is -2.21. The van der Waals surface area contributed by atoms with Crippen molar-refractivity contribution in [2.24, 2.45) is 0 Å². The molecule has 3 N–H and O–H groups in total. The summed E-state index contributed by atoms with van der Waals surface area (Å²) < 4.78 is 26.1. The molecule has 0 aliphatic heterocycles. The minimum Gasteiger partial charge on any atom is -0.398 e. The van der Waals surface area contributed by atoms with Crippen LogP contribution in [0.1, 0.15) is 18.9 Å². The Morgan fingerprint density at radius 2 is 2.00 bits per heavy atom. The Morgan fingerprint density at radius 3 is 2.47 bits per heavy atom. The summed E-state index contributed by atoms with van der Waals surface area (Å²) >= 11 is 5.97. The van der Waals surface area contributed by atoms with Crippen LogP contribution in [0.25, 0.3) is 0 Å². The van der Waals surface area contributed by atoms with E-state index in [-0.39, 0.29) is 18.0 Å². The summed E-state index contributed by atoms with van der Waals surface area (Å²) in [6, 6.07) is 2.79. The second-order valence-corrected chi connectivity index (χ2v) is 6.59. The van der Waals surface area contributed by atoms with E-state index in [1.807, 2.05) is 6.92 Å². The van der Waals surface area contributed by atoms with Gasteiger partial charge in [-0.25, -0.2) is 8.42 Å². The number of benzene rings is 1. The fourth-order valence-corrected chi connectivity index (χ4v) is 3.56. The summed E-state index contributed by atoms with van der Waals surface area (Å²) in [6.45, 7) is 3.77. The van der Waals surface area contributed by atoms with Crippen molar-refractivity contribution >= 4 is 27.3 Å². The highest BCUT2D eigenvalue weighted by Gasteiger charge is 2.24. The Morgan fingerprint density at radius 1 is 1.37 bits per heavy atom. The van der Waals surface area contributed by atoms with E-state index < -0.39 is 10.0 Å². The van der Waals surface area contributed by atoms with Gasteiger partial charge in [0.15, 0.2) is 0 Å². The van der Waals surface area contributed by atoms with E-state index in [4.69, 9.17) is 22.4 Å². The molecule has 0 radical (unpaired) electrons. The molecule has 0 aromatic heterocycles. The molecular weight excluding hydrogens is 288 g/mol. The van der Waals surface area contributed by atoms with Gasteiger partial charge < -0.3 is 10.8 Å². The van der Waals surface area contributed by atoms with Gasteiger partial charge in [-0.1, -0.05) is 18.5 Å². The van der Waals surface area contributed by atoms with Crippen molar-refractivity contribution in [3.05, 3.63) is 22.7 Å². The Balaban J connectivity index is 3.25. The predicted molar refractivity (Wildman–Crippen MR) is 76.7 cm³/mol. The first-order chi connectivity index (χ1) is 8.84. The highest BCUT2D eigenvalue weighted by molar-refractivity contribution is 7.89. The van der Waals surface area contributed by atoms with E-state index in [2.05, 4.69) is 0 Å². The van der Waals surface area contributed by atoms with Gasteiger partial charge in [-0.2, -0.15) is 4.31 Å². The minimum atomic E-state index is -3.68. The molecule has 108 valence electrons. The van der Waals surface area contributed by atoms with Crippen molar-refractivity contribution in [1.82, 2.24) is 4.31 Å². The van der Waals surface area contributed by atoms with E-state index >= 15 is 0 Å². The maximum atomic E-state index is 12.4. The molecule has 1 aromatic rings. The maximum absolute atomic E-state index is 12.4. The third-order valence-corrected chi connectivity index (χ3v) is 5.09. The van der Waals surface area contributed by atoms with Crippen LogP contribution in [-0.2, 0) is 10.0 Å². The molecule has 19 heavy (non-hydrogen) atoms. The first-order valence-corrected chi connectivity index (χ1v) is 7.83. The van der Waals surface area contributed by atoms with Gasteiger partial charge in [0.2, 0.25) is 10.0 Å². The van der Waals surface area contributed by atoms with Crippen molar-refractivity contribution < 1.29 is 13.5 Å². The first-order valence-electron chi connectivity index (χ1n) is 6.01. The zero-order chi connectivity index (χ0) is 14.6. The van der Waals surface area contributed by atoms with Gasteiger partial charge in [-0.05, 0) is 31.0 Å². The number of aliphatic hydroxyl groups excluding tert-OH is 1. The van der Waals surface area contributed by atoms with Crippen LogP contribution < -0.4 is 5.73 Å². The number of nitrogens with two attached hydrogens (primary N) is 1. The molecule has 0 heterocycles. The van der Waals surface area contributed by atoms with Crippen LogP contribution in [0.4, 0.5) is 5.69 Å². The minimum absolute atomic E-state index is 0.0571. The van der Waals surface area contributed by atoms with Crippen LogP contribution in [0, 0.1) is 6.92 Å². The molecule has 0 unspecified atom stereocenters. The molecular formula is C12H19ClN2O3S. The molecule has 0 fully saturated rings. The summed E-state index contributed by atoms with van der Waals surface area (Å²) in [5.41, 5.74) is 6.75. The van der Waals surface area contributed by atoms with E-state index in [9.17, 15) is 8.42 Å². The van der Waals surface area contributed by atoms with Crippen molar-refractivity contribution in [2.75, 3.05) is 25.4 Å². The Labute approximate surface area is 119 Å². The van der Waals surface area contributed by atoms with Gasteiger partial charge in [0.25, 0.3) is 0 Å². The number of hydrogen-bond donors (Lipinski definition) is 2. The number of rotatable bonds is 6. The molecule has 0 spiro atoms. The van der Waals surface area contributed by atoms with Crippen molar-refractivity contribution in [2.45, 2.75) is 25.2 Å². The van der Waals surface area contributed by atoms with Crippen LogP contribution in [0.3, 0.4) is 0 Å². The summed E-state index contributed by atoms with van der Waals surface area (Å²) in [5.74, 6) is 0. The topological polar surface area (TPSA) is 83.6 Å². The molecule has 0 saturated carbocycles. The molecule has 0 atom stereocenters. The zero-order valence-electron chi connectivity index (χ0n) is 11.1. The summed E-state index contributed by atoms with van der Waals surface area (Å²) in [6.07, 6.45) is 0.661. The highest BCUT2D eigenvalue weighted by atomic mass is 35.5. The standard InChI is InChI=1S/C12H19ClN2O3S/c1-3-4-15(5-6-16)19(17,18)10-7-11(13)9(2)12(14)8-10/h7-8,16H,3-6,14H2,1-2H3. The Bertz CT molecular complexity index is 517. The Hall–Kier alpha value is -0.820. The largest absolute Gasteiger partial charge is 0.398 e. The summed E-state index contributed by atoms with van der Waals surface area (Å²) in [5, 5.41) is 9.29. The third-order valence-electron chi connectivity index (χ3n) is 2.82. The van der Waals surface area contributed by atoms with E-state index in [0.717, 1.165) is 0 Å². The molecule has 0 bridgehead atoms. The third kappa shape index (κ3) is 3.60. The molecule has 0 aliphatic rings. The number of hydrogen-bond acceptors (Lipinski definition) is 4. The van der Waals surface area contributed by atoms with Gasteiger partial charge in [0.05, 0.1) is 11.5 Å². The zero-order valence-corrected chi connectivity index (χ0v) is 12.6. The quantitative estimate of drug-likeness (QED) is 0.782. The van der Waals surface area contributed by atoms with Crippen LogP contribution in [0.5, 0.6) is 0 Å². The van der Waals surface area contributed by atoms with Crippen molar-refractivity contribution in [1.29, 1.82) is 0 Å². The van der Waals surface area contributed by atoms with Crippen molar-refractivity contribution in [3.63, 3.8) is 0 Å². The van der Waals surface area contributed by atoms with Gasteiger partial charge in [-0.15, -0.1) is 0 Å². The lowest BCUT2D eigenvalue weighted by atomic mass is 10.2. The number of aliphatic hydroxyl groups is 1. The number of halogens is 1. The van der Waals surface area contributed by atoms with Crippen LogP contribution >= 0.6 is 11.6 Å². The second-order valence-electron chi connectivity index (χ2n) is 4.25. The van der Waals surface area contributed by atoms with Crippen LogP contribution in [0.2, 0.25) is 5.02 Å². The van der Waals surface area contributed by atoms with E-state index in [0.29, 0.717) is 29.2 Å². The summed E-state index contributed by atoms with van der Waals surface area (Å²) in [4.78, 5) is 0.0579. The number of nitrogen functional groups attached to an aromatic ring is 1. The van der Waals surface area contributed by atoms with E-state index in [1.165, 1.54) is 16.4 Å². The first kappa shape index (κ1) is 16.2. The predicted octanol–water partition coefficient (Wildman–Crippen LogP) is 1.62. The van der Waals surface area contributed by atoms with Crippen molar-refractivity contribution in [3.8, 4) is 0 Å². The highest BCUT2D eigenvalue weighted by Crippen LogP contribution is 2.27. The molecule has 1 aromatic carbocycles. The molecule has 1 rings (SSSR count). The Kier molecular flexibility index (Phi) is 5.61. The molecule has 5 nitrogen and oxygen atoms in total. The van der Waals surface area contributed by atoms with Gasteiger partial charge in [0, 0.05) is 23.8 Å². The van der Waals surface area contributed by atoms with Crippen LogP contribution in [-0.4, -0.2) is 37.5 Å². The van der Waals surface area contributed by atoms with Crippen LogP contribution in [0.15, 0.2) is 17.0 Å². The second kappa shape index (κ2) is 6.56. The normalized spacial score (nSPS) is 12.1. The van der Waals surface area contributed by atoms with E-state index in [1.54, 1.807) is 6.92 Å². The summed E-state index contributed by atoms with van der Waals surface area (Å²) in [7, 11) is -3.68. The molecule has 0 aliphatic carbocycles. The molecule has 7 heteroatoms. The SMILES string of the molecule is CCCN(CCO)S(=O)(=O)c1cc(N)c(C)c(Cl)c1.